The Labute approximate surface area is 128 Å². The van der Waals surface area contributed by atoms with Crippen LogP contribution in [0.3, 0.4) is 0 Å². The summed E-state index contributed by atoms with van der Waals surface area (Å²) in [5.41, 5.74) is 2.69. The van der Waals surface area contributed by atoms with Crippen LogP contribution < -0.4 is 5.32 Å². The van der Waals surface area contributed by atoms with Crippen molar-refractivity contribution in [2.75, 3.05) is 11.9 Å². The molecule has 0 spiro atoms. The van der Waals surface area contributed by atoms with Gasteiger partial charge in [-0.25, -0.2) is 9.97 Å². The zero-order chi connectivity index (χ0) is 15.2. The lowest BCUT2D eigenvalue weighted by Crippen LogP contribution is -2.03. The number of hydrogen-bond acceptors (Lipinski definition) is 5. The number of rotatable bonds is 5. The van der Waals surface area contributed by atoms with Gasteiger partial charge in [0, 0.05) is 48.5 Å². The molecule has 3 rings (SSSR count). The van der Waals surface area contributed by atoms with Crippen molar-refractivity contribution >= 4 is 5.82 Å². The number of pyridine rings is 2. The second-order valence-corrected chi connectivity index (χ2v) is 4.61. The fraction of sp³-hybridized carbons (Fsp3) is 0.0588. The maximum atomic E-state index is 4.64. The topological polar surface area (TPSA) is 63.6 Å². The molecule has 3 heterocycles. The first-order valence-electron chi connectivity index (χ1n) is 6.91. The highest BCUT2D eigenvalue weighted by Gasteiger charge is 2.08. The Bertz CT molecular complexity index is 699. The van der Waals surface area contributed by atoms with Gasteiger partial charge in [0.15, 0.2) is 5.82 Å². The minimum Gasteiger partial charge on any atom is -0.366 e. The fourth-order valence-corrected chi connectivity index (χ4v) is 2.01. The Morgan fingerprint density at radius 3 is 2.59 bits per heavy atom. The van der Waals surface area contributed by atoms with Crippen molar-refractivity contribution in [3.8, 4) is 22.6 Å². The van der Waals surface area contributed by atoms with Crippen molar-refractivity contribution in [2.45, 2.75) is 0 Å². The average molecular weight is 289 g/mol. The predicted molar refractivity (Wildman–Crippen MR) is 87.2 cm³/mol. The van der Waals surface area contributed by atoms with E-state index in [4.69, 9.17) is 0 Å². The molecule has 5 nitrogen and oxygen atoms in total. The summed E-state index contributed by atoms with van der Waals surface area (Å²) in [4.78, 5) is 17.4. The van der Waals surface area contributed by atoms with Gasteiger partial charge in [0.25, 0.3) is 0 Å². The Balaban J connectivity index is 2.08. The van der Waals surface area contributed by atoms with Crippen LogP contribution in [0.15, 0.2) is 67.8 Å². The van der Waals surface area contributed by atoms with Crippen molar-refractivity contribution in [1.82, 2.24) is 19.9 Å². The first kappa shape index (κ1) is 13.9. The monoisotopic (exact) mass is 289 g/mol. The maximum Gasteiger partial charge on any atom is 0.162 e. The quantitative estimate of drug-likeness (QED) is 0.731. The normalized spacial score (nSPS) is 10.2. The van der Waals surface area contributed by atoms with Gasteiger partial charge in [-0.2, -0.15) is 0 Å². The van der Waals surface area contributed by atoms with Crippen LogP contribution in [-0.4, -0.2) is 26.5 Å². The third kappa shape index (κ3) is 3.15. The second-order valence-electron chi connectivity index (χ2n) is 4.61. The predicted octanol–water partition coefficient (Wildman–Crippen LogP) is 3.20. The molecule has 0 bridgehead atoms. The Kier molecular flexibility index (Phi) is 4.15. The van der Waals surface area contributed by atoms with E-state index in [0.29, 0.717) is 12.4 Å². The lowest BCUT2D eigenvalue weighted by molar-refractivity contribution is 1.14. The van der Waals surface area contributed by atoms with Gasteiger partial charge < -0.3 is 5.32 Å². The van der Waals surface area contributed by atoms with Crippen molar-refractivity contribution in [3.05, 3.63) is 67.8 Å². The first-order chi connectivity index (χ1) is 10.9. The Morgan fingerprint density at radius 1 is 1.00 bits per heavy atom. The van der Waals surface area contributed by atoms with Crippen LogP contribution >= 0.6 is 0 Å². The Morgan fingerprint density at radius 2 is 1.86 bits per heavy atom. The third-order valence-electron chi connectivity index (χ3n) is 3.05. The number of aromatic nitrogens is 4. The molecule has 22 heavy (non-hydrogen) atoms. The SMILES string of the molecule is C=CCNc1cc(-c2cccnc2)nc(-c2ccncc2)n1. The van der Waals surface area contributed by atoms with E-state index in [1.165, 1.54) is 0 Å². The summed E-state index contributed by atoms with van der Waals surface area (Å²) in [5, 5.41) is 3.21. The smallest absolute Gasteiger partial charge is 0.162 e. The van der Waals surface area contributed by atoms with Gasteiger partial charge in [0.1, 0.15) is 5.82 Å². The van der Waals surface area contributed by atoms with Crippen LogP contribution in [0, 0.1) is 0 Å². The minimum atomic E-state index is 0.638. The fourth-order valence-electron chi connectivity index (χ4n) is 2.01. The van der Waals surface area contributed by atoms with E-state index in [-0.39, 0.29) is 0 Å². The van der Waals surface area contributed by atoms with Crippen LogP contribution in [0.5, 0.6) is 0 Å². The standard InChI is InChI=1S/C17H15N5/c1-2-7-20-16-11-15(14-4-3-8-19-12-14)21-17(22-16)13-5-9-18-10-6-13/h2-6,8-12H,1,7H2,(H,20,21,22). The molecule has 5 heteroatoms. The molecule has 0 amide bonds. The molecule has 0 atom stereocenters. The molecule has 0 aliphatic heterocycles. The van der Waals surface area contributed by atoms with Gasteiger partial charge in [-0.3, -0.25) is 9.97 Å². The summed E-state index contributed by atoms with van der Waals surface area (Å²) in [6.07, 6.45) is 8.78. The molecule has 3 aromatic heterocycles. The van der Waals surface area contributed by atoms with Crippen LogP contribution in [0.1, 0.15) is 0 Å². The summed E-state index contributed by atoms with van der Waals surface area (Å²) in [7, 11) is 0. The van der Waals surface area contributed by atoms with Crippen molar-refractivity contribution in [1.29, 1.82) is 0 Å². The minimum absolute atomic E-state index is 0.638. The molecule has 0 saturated carbocycles. The highest BCUT2D eigenvalue weighted by Crippen LogP contribution is 2.23. The zero-order valence-corrected chi connectivity index (χ0v) is 12.0. The molecule has 1 N–H and O–H groups in total. The van der Waals surface area contributed by atoms with Crippen molar-refractivity contribution < 1.29 is 0 Å². The molecule has 3 aromatic rings. The van der Waals surface area contributed by atoms with E-state index in [9.17, 15) is 0 Å². The van der Waals surface area contributed by atoms with Crippen molar-refractivity contribution in [3.63, 3.8) is 0 Å². The lowest BCUT2D eigenvalue weighted by atomic mass is 10.2. The van der Waals surface area contributed by atoms with Gasteiger partial charge >= 0.3 is 0 Å². The van der Waals surface area contributed by atoms with Crippen LogP contribution in [0.4, 0.5) is 5.82 Å². The maximum absolute atomic E-state index is 4.64. The lowest BCUT2D eigenvalue weighted by Gasteiger charge is -2.09. The number of anilines is 1. The highest BCUT2D eigenvalue weighted by molar-refractivity contribution is 5.66. The van der Waals surface area contributed by atoms with E-state index in [1.807, 2.05) is 30.3 Å². The largest absolute Gasteiger partial charge is 0.366 e. The summed E-state index contributed by atoms with van der Waals surface area (Å²) >= 11 is 0. The first-order valence-corrected chi connectivity index (χ1v) is 6.91. The number of nitrogens with zero attached hydrogens (tertiary/aromatic N) is 4. The van der Waals surface area contributed by atoms with Gasteiger partial charge in [-0.1, -0.05) is 6.08 Å². The molecule has 0 aromatic carbocycles. The summed E-state index contributed by atoms with van der Waals surface area (Å²) in [5.74, 6) is 1.40. The zero-order valence-electron chi connectivity index (χ0n) is 12.0. The van der Waals surface area contributed by atoms with Gasteiger partial charge in [-0.15, -0.1) is 6.58 Å². The highest BCUT2D eigenvalue weighted by atomic mass is 15.0. The van der Waals surface area contributed by atoms with Crippen LogP contribution in [0.25, 0.3) is 22.6 Å². The average Bonchev–Trinajstić information content (AvgIpc) is 2.61. The molecular formula is C17H15N5. The summed E-state index contributed by atoms with van der Waals surface area (Å²) < 4.78 is 0. The molecule has 0 unspecified atom stereocenters. The molecule has 108 valence electrons. The molecular weight excluding hydrogens is 274 g/mol. The number of nitrogens with one attached hydrogen (secondary N) is 1. The van der Waals surface area contributed by atoms with E-state index in [0.717, 1.165) is 22.6 Å². The molecule has 0 radical (unpaired) electrons. The molecule has 0 saturated heterocycles. The molecule has 0 aliphatic rings. The third-order valence-corrected chi connectivity index (χ3v) is 3.05. The summed E-state index contributed by atoms with van der Waals surface area (Å²) in [6, 6.07) is 9.55. The summed E-state index contributed by atoms with van der Waals surface area (Å²) in [6.45, 7) is 4.35. The van der Waals surface area contributed by atoms with Gasteiger partial charge in [-0.05, 0) is 24.3 Å². The van der Waals surface area contributed by atoms with E-state index < -0.39 is 0 Å². The van der Waals surface area contributed by atoms with Gasteiger partial charge in [0.05, 0.1) is 5.69 Å². The van der Waals surface area contributed by atoms with E-state index >= 15 is 0 Å². The second kappa shape index (κ2) is 6.58. The van der Waals surface area contributed by atoms with Gasteiger partial charge in [0.2, 0.25) is 0 Å². The van der Waals surface area contributed by atoms with Crippen LogP contribution in [0.2, 0.25) is 0 Å². The van der Waals surface area contributed by atoms with Crippen LogP contribution in [-0.2, 0) is 0 Å². The van der Waals surface area contributed by atoms with E-state index in [1.54, 1.807) is 30.9 Å². The number of hydrogen-bond donors (Lipinski definition) is 1. The Hall–Kier alpha value is -3.08. The van der Waals surface area contributed by atoms with Crippen molar-refractivity contribution in [2.24, 2.45) is 0 Å². The van der Waals surface area contributed by atoms with E-state index in [2.05, 4.69) is 31.8 Å². The molecule has 0 fully saturated rings. The molecule has 0 aliphatic carbocycles.